The number of sulfonamides is 1. The van der Waals surface area contributed by atoms with Gasteiger partial charge in [-0.3, -0.25) is 14.6 Å². The van der Waals surface area contributed by atoms with Crippen LogP contribution in [0.5, 0.6) is 5.75 Å². The molecule has 2 aromatic rings. The van der Waals surface area contributed by atoms with Crippen LogP contribution < -0.4 is 14.8 Å². The maximum absolute atomic E-state index is 12.7. The predicted molar refractivity (Wildman–Crippen MR) is 119 cm³/mol. The number of benzene rings is 1. The fourth-order valence-corrected chi connectivity index (χ4v) is 3.96. The van der Waals surface area contributed by atoms with E-state index in [0.29, 0.717) is 43.0 Å². The number of hydrogen-bond acceptors (Lipinski definition) is 7. The van der Waals surface area contributed by atoms with Gasteiger partial charge in [-0.2, -0.15) is 4.72 Å². The molecule has 9 nitrogen and oxygen atoms in total. The number of carbonyl (C=O) groups is 2. The third-order valence-corrected chi connectivity index (χ3v) is 6.11. The molecule has 11 heteroatoms. The van der Waals surface area contributed by atoms with Crippen LogP contribution in [0.2, 0.25) is 5.02 Å². The number of halogens is 1. The third-order valence-electron chi connectivity index (χ3n) is 4.37. The summed E-state index contributed by atoms with van der Waals surface area (Å²) in [6, 6.07) is 7.74. The number of nitrogens with one attached hydrogen (secondary N) is 2. The average molecular weight is 484 g/mol. The van der Waals surface area contributed by atoms with Gasteiger partial charge in [-0.1, -0.05) is 18.0 Å². The van der Waals surface area contributed by atoms with Crippen LogP contribution in [0.1, 0.15) is 25.7 Å². The highest BCUT2D eigenvalue weighted by molar-refractivity contribution is 7.89. The first-order valence-electron chi connectivity index (χ1n) is 9.97. The summed E-state index contributed by atoms with van der Waals surface area (Å²) < 4.78 is 38.0. The number of ether oxygens (including phenoxy) is 2. The molecule has 1 unspecified atom stereocenters. The number of hydrogen-bond donors (Lipinski definition) is 2. The molecular weight excluding hydrogens is 458 g/mol. The van der Waals surface area contributed by atoms with E-state index >= 15 is 0 Å². The van der Waals surface area contributed by atoms with Gasteiger partial charge in [0, 0.05) is 24.2 Å². The van der Waals surface area contributed by atoms with Crippen LogP contribution in [0.4, 0.5) is 0 Å². The zero-order chi connectivity index (χ0) is 23.4. The third kappa shape index (κ3) is 8.81. The predicted octanol–water partition coefficient (Wildman–Crippen LogP) is 2.31. The van der Waals surface area contributed by atoms with Crippen LogP contribution in [0.15, 0.2) is 53.7 Å². The number of esters is 1. The molecule has 1 aromatic heterocycles. The number of methoxy groups -OCH3 is 1. The maximum atomic E-state index is 12.7. The van der Waals surface area contributed by atoms with Crippen LogP contribution in [0, 0.1) is 0 Å². The van der Waals surface area contributed by atoms with Crippen molar-refractivity contribution < 1.29 is 27.5 Å². The van der Waals surface area contributed by atoms with Crippen molar-refractivity contribution >= 4 is 33.5 Å². The number of rotatable bonds is 13. The Morgan fingerprint density at radius 2 is 1.88 bits per heavy atom. The molecule has 0 fully saturated rings. The van der Waals surface area contributed by atoms with Gasteiger partial charge in [0.25, 0.3) is 0 Å². The van der Waals surface area contributed by atoms with E-state index in [2.05, 4.69) is 19.8 Å². The molecule has 0 aliphatic heterocycles. The van der Waals surface area contributed by atoms with E-state index in [1.165, 1.54) is 37.6 Å². The van der Waals surface area contributed by atoms with E-state index in [1.54, 1.807) is 18.3 Å². The molecular formula is C21H26ClN3O6S. The molecule has 1 atom stereocenters. The molecule has 0 saturated heterocycles. The molecule has 2 rings (SSSR count). The van der Waals surface area contributed by atoms with Gasteiger partial charge in [-0.25, -0.2) is 8.42 Å². The summed E-state index contributed by atoms with van der Waals surface area (Å²) in [6.45, 7) is 0.0960. The van der Waals surface area contributed by atoms with Crippen molar-refractivity contribution in [2.45, 2.75) is 36.6 Å². The van der Waals surface area contributed by atoms with Gasteiger partial charge in [0.15, 0.2) is 0 Å². The van der Waals surface area contributed by atoms with Crippen LogP contribution in [-0.2, 0) is 24.3 Å². The van der Waals surface area contributed by atoms with Gasteiger partial charge in [-0.15, -0.1) is 0 Å². The zero-order valence-corrected chi connectivity index (χ0v) is 19.2. The van der Waals surface area contributed by atoms with Crippen molar-refractivity contribution in [3.05, 3.63) is 53.8 Å². The number of pyridine rings is 1. The van der Waals surface area contributed by atoms with Crippen molar-refractivity contribution in [1.29, 1.82) is 0 Å². The normalized spacial score (nSPS) is 12.1. The number of unbranched alkanes of at least 4 members (excludes halogenated alkanes) is 2. The lowest BCUT2D eigenvalue weighted by atomic mass is 10.2. The molecule has 174 valence electrons. The molecule has 2 N–H and O–H groups in total. The molecule has 0 radical (unpaired) electrons. The van der Waals surface area contributed by atoms with Gasteiger partial charge in [0.2, 0.25) is 15.9 Å². The summed E-state index contributed by atoms with van der Waals surface area (Å²) in [5, 5.41) is 3.10. The van der Waals surface area contributed by atoms with Crippen molar-refractivity contribution in [3.8, 4) is 5.75 Å². The maximum Gasteiger partial charge on any atom is 0.305 e. The Kier molecular flexibility index (Phi) is 10.4. The number of carbonyl (C=O) groups excluding carboxylic acids is 2. The SMILES string of the molecule is COC(=O)CCCCCNC(=O)C(COc1cccnc1)NS(=O)(=O)c1ccc(Cl)cc1. The lowest BCUT2D eigenvalue weighted by Gasteiger charge is -2.19. The Balaban J connectivity index is 1.97. The van der Waals surface area contributed by atoms with E-state index in [1.807, 2.05) is 0 Å². The molecule has 32 heavy (non-hydrogen) atoms. The van der Waals surface area contributed by atoms with Crippen LogP contribution >= 0.6 is 11.6 Å². The van der Waals surface area contributed by atoms with E-state index in [-0.39, 0.29) is 17.5 Å². The molecule has 0 aliphatic carbocycles. The van der Waals surface area contributed by atoms with Gasteiger partial charge < -0.3 is 14.8 Å². The van der Waals surface area contributed by atoms with Crippen LogP contribution in [-0.4, -0.2) is 51.6 Å². The molecule has 0 bridgehead atoms. The van der Waals surface area contributed by atoms with Crippen LogP contribution in [0.25, 0.3) is 0 Å². The second kappa shape index (κ2) is 13.0. The number of nitrogens with zero attached hydrogens (tertiary/aromatic N) is 1. The lowest BCUT2D eigenvalue weighted by Crippen LogP contribution is -2.50. The highest BCUT2D eigenvalue weighted by Gasteiger charge is 2.26. The topological polar surface area (TPSA) is 124 Å². The Morgan fingerprint density at radius 3 is 2.53 bits per heavy atom. The first kappa shape index (κ1) is 25.6. The molecule has 0 spiro atoms. The molecule has 1 heterocycles. The minimum Gasteiger partial charge on any atom is -0.490 e. The highest BCUT2D eigenvalue weighted by Crippen LogP contribution is 2.15. The Bertz CT molecular complexity index is 971. The molecule has 0 saturated carbocycles. The highest BCUT2D eigenvalue weighted by atomic mass is 35.5. The van der Waals surface area contributed by atoms with Crippen molar-refractivity contribution in [2.75, 3.05) is 20.3 Å². The first-order valence-corrected chi connectivity index (χ1v) is 11.8. The fourth-order valence-electron chi connectivity index (χ4n) is 2.65. The summed E-state index contributed by atoms with van der Waals surface area (Å²) in [6.07, 6.45) is 5.32. The van der Waals surface area contributed by atoms with Crippen molar-refractivity contribution in [3.63, 3.8) is 0 Å². The minimum atomic E-state index is -3.99. The van der Waals surface area contributed by atoms with E-state index in [9.17, 15) is 18.0 Å². The average Bonchev–Trinajstić information content (AvgIpc) is 2.79. The van der Waals surface area contributed by atoms with Gasteiger partial charge in [0.05, 0.1) is 18.2 Å². The summed E-state index contributed by atoms with van der Waals surface area (Å²) in [5.41, 5.74) is 0. The van der Waals surface area contributed by atoms with E-state index in [4.69, 9.17) is 16.3 Å². The molecule has 1 aromatic carbocycles. The van der Waals surface area contributed by atoms with Gasteiger partial charge in [-0.05, 0) is 49.2 Å². The Morgan fingerprint density at radius 1 is 1.12 bits per heavy atom. The fraction of sp³-hybridized carbons (Fsp3) is 0.381. The lowest BCUT2D eigenvalue weighted by molar-refractivity contribution is -0.140. The van der Waals surface area contributed by atoms with Gasteiger partial charge in [0.1, 0.15) is 18.4 Å². The summed E-state index contributed by atoms with van der Waals surface area (Å²) in [5.74, 6) is -0.406. The van der Waals surface area contributed by atoms with Crippen molar-refractivity contribution in [1.82, 2.24) is 15.0 Å². The zero-order valence-electron chi connectivity index (χ0n) is 17.6. The van der Waals surface area contributed by atoms with Gasteiger partial charge >= 0.3 is 5.97 Å². The summed E-state index contributed by atoms with van der Waals surface area (Å²) >= 11 is 5.82. The smallest absolute Gasteiger partial charge is 0.305 e. The summed E-state index contributed by atoms with van der Waals surface area (Å²) in [7, 11) is -2.66. The number of amides is 1. The standard InChI is InChI=1S/C21H26ClN3O6S/c1-30-20(26)7-3-2-4-13-24-21(27)19(15-31-17-6-5-12-23-14-17)25-32(28,29)18-10-8-16(22)9-11-18/h5-6,8-12,14,19,25H,2-4,7,13,15H2,1H3,(H,24,27). The second-order valence-corrected chi connectivity index (χ2v) is 8.96. The van der Waals surface area contributed by atoms with Crippen LogP contribution in [0.3, 0.4) is 0 Å². The van der Waals surface area contributed by atoms with E-state index < -0.39 is 22.0 Å². The molecule has 0 aliphatic rings. The number of aromatic nitrogens is 1. The first-order chi connectivity index (χ1) is 15.3. The minimum absolute atomic E-state index is 0.0242. The Labute approximate surface area is 192 Å². The molecule has 1 amide bonds. The summed E-state index contributed by atoms with van der Waals surface area (Å²) in [4.78, 5) is 27.7. The van der Waals surface area contributed by atoms with E-state index in [0.717, 1.165) is 0 Å². The largest absolute Gasteiger partial charge is 0.490 e. The quantitative estimate of drug-likeness (QED) is 0.331. The Hall–Kier alpha value is -2.69. The second-order valence-electron chi connectivity index (χ2n) is 6.81. The monoisotopic (exact) mass is 483 g/mol. The van der Waals surface area contributed by atoms with Crippen molar-refractivity contribution in [2.24, 2.45) is 0 Å².